The molecule has 0 aliphatic carbocycles. The molecule has 1 aliphatic rings. The Bertz CT molecular complexity index is 450. The molecule has 1 aromatic rings. The largest absolute Gasteiger partial charge is 0.303 e. The van der Waals surface area contributed by atoms with Crippen LogP contribution >= 0.6 is 0 Å². The normalized spacial score (nSPS) is 17.6. The van der Waals surface area contributed by atoms with Crippen molar-refractivity contribution in [3.63, 3.8) is 0 Å². The molecule has 0 bridgehead atoms. The van der Waals surface area contributed by atoms with E-state index in [-0.39, 0.29) is 5.78 Å². The summed E-state index contributed by atoms with van der Waals surface area (Å²) in [5.74, 6) is 0.231. The zero-order valence-electron chi connectivity index (χ0n) is 12.9. The smallest absolute Gasteiger partial charge is 0.176 e. The second-order valence-corrected chi connectivity index (χ2v) is 5.87. The standard InChI is InChI=1S/C17H26N2O/c1-4-19-10-8-16(9-11-19)18(3)13-17(20)15-7-5-6-14(2)12-15/h5-7,12,16H,4,8-11,13H2,1-3H3. The summed E-state index contributed by atoms with van der Waals surface area (Å²) in [5, 5.41) is 0. The molecule has 0 N–H and O–H groups in total. The van der Waals surface area contributed by atoms with Crippen LogP contribution in [0.25, 0.3) is 0 Å². The van der Waals surface area contributed by atoms with Gasteiger partial charge < -0.3 is 4.90 Å². The molecule has 110 valence electrons. The molecule has 1 saturated heterocycles. The van der Waals surface area contributed by atoms with E-state index in [0.717, 1.165) is 30.8 Å². The van der Waals surface area contributed by atoms with Crippen LogP contribution in [-0.4, -0.2) is 54.9 Å². The Morgan fingerprint density at radius 1 is 1.35 bits per heavy atom. The van der Waals surface area contributed by atoms with Crippen molar-refractivity contribution in [1.29, 1.82) is 0 Å². The summed E-state index contributed by atoms with van der Waals surface area (Å²) in [4.78, 5) is 17.0. The van der Waals surface area contributed by atoms with Gasteiger partial charge in [0.25, 0.3) is 0 Å². The van der Waals surface area contributed by atoms with Crippen molar-refractivity contribution in [1.82, 2.24) is 9.80 Å². The Labute approximate surface area is 122 Å². The second-order valence-electron chi connectivity index (χ2n) is 5.87. The molecule has 0 spiro atoms. The molecule has 1 aliphatic heterocycles. The third-order valence-electron chi connectivity index (χ3n) is 4.36. The number of benzene rings is 1. The predicted molar refractivity (Wildman–Crippen MR) is 83.3 cm³/mol. The first-order valence-electron chi connectivity index (χ1n) is 7.62. The van der Waals surface area contributed by atoms with Crippen LogP contribution < -0.4 is 0 Å². The highest BCUT2D eigenvalue weighted by molar-refractivity contribution is 5.97. The monoisotopic (exact) mass is 274 g/mol. The second kappa shape index (κ2) is 7.00. The number of carbonyl (C=O) groups is 1. The zero-order chi connectivity index (χ0) is 14.5. The molecular formula is C17H26N2O. The summed E-state index contributed by atoms with van der Waals surface area (Å²) in [5.41, 5.74) is 1.98. The van der Waals surface area contributed by atoms with Gasteiger partial charge in [-0.05, 0) is 52.5 Å². The quantitative estimate of drug-likeness (QED) is 0.771. The van der Waals surface area contributed by atoms with Gasteiger partial charge in [0.1, 0.15) is 0 Å². The van der Waals surface area contributed by atoms with Gasteiger partial charge in [0.05, 0.1) is 6.54 Å². The Balaban J connectivity index is 1.88. The molecule has 20 heavy (non-hydrogen) atoms. The van der Waals surface area contributed by atoms with E-state index in [1.165, 1.54) is 12.8 Å². The predicted octanol–water partition coefficient (Wildman–Crippen LogP) is 2.59. The summed E-state index contributed by atoms with van der Waals surface area (Å²) < 4.78 is 0. The molecule has 1 fully saturated rings. The summed E-state index contributed by atoms with van der Waals surface area (Å²) in [7, 11) is 2.08. The van der Waals surface area contributed by atoms with E-state index >= 15 is 0 Å². The van der Waals surface area contributed by atoms with E-state index in [9.17, 15) is 4.79 Å². The lowest BCUT2D eigenvalue weighted by molar-refractivity contribution is 0.0858. The molecule has 2 rings (SSSR count). The molecular weight excluding hydrogens is 248 g/mol. The van der Waals surface area contributed by atoms with Crippen molar-refractivity contribution in [3.05, 3.63) is 35.4 Å². The maximum Gasteiger partial charge on any atom is 0.176 e. The first-order chi connectivity index (χ1) is 9.60. The number of hydrogen-bond acceptors (Lipinski definition) is 3. The molecule has 0 amide bonds. The zero-order valence-corrected chi connectivity index (χ0v) is 12.9. The minimum Gasteiger partial charge on any atom is -0.303 e. The number of Topliss-reactive ketones (excluding diaryl/α,β-unsaturated/α-hetero) is 1. The molecule has 3 heteroatoms. The molecule has 1 heterocycles. The van der Waals surface area contributed by atoms with E-state index < -0.39 is 0 Å². The number of likely N-dealkylation sites (N-methyl/N-ethyl adjacent to an activating group) is 1. The Kier molecular flexibility index (Phi) is 5.32. The van der Waals surface area contributed by atoms with E-state index in [2.05, 4.69) is 23.8 Å². The molecule has 0 atom stereocenters. The topological polar surface area (TPSA) is 23.6 Å². The van der Waals surface area contributed by atoms with Crippen LogP contribution in [0.1, 0.15) is 35.7 Å². The van der Waals surface area contributed by atoms with Gasteiger partial charge in [-0.3, -0.25) is 9.69 Å². The molecule has 0 radical (unpaired) electrons. The minimum absolute atomic E-state index is 0.231. The van der Waals surface area contributed by atoms with Gasteiger partial charge in [0.15, 0.2) is 5.78 Å². The van der Waals surface area contributed by atoms with Gasteiger partial charge in [-0.1, -0.05) is 30.7 Å². The highest BCUT2D eigenvalue weighted by Crippen LogP contribution is 2.16. The number of likely N-dealkylation sites (tertiary alicyclic amines) is 1. The van der Waals surface area contributed by atoms with Crippen molar-refractivity contribution in [2.24, 2.45) is 0 Å². The van der Waals surface area contributed by atoms with Crippen LogP contribution in [0.2, 0.25) is 0 Å². The van der Waals surface area contributed by atoms with Gasteiger partial charge in [-0.15, -0.1) is 0 Å². The first kappa shape index (κ1) is 15.2. The molecule has 0 saturated carbocycles. The van der Waals surface area contributed by atoms with E-state index in [0.29, 0.717) is 12.6 Å². The van der Waals surface area contributed by atoms with Crippen LogP contribution in [0.4, 0.5) is 0 Å². The van der Waals surface area contributed by atoms with Gasteiger partial charge in [-0.2, -0.15) is 0 Å². The summed E-state index contributed by atoms with van der Waals surface area (Å²) in [6, 6.07) is 8.44. The number of aryl methyl sites for hydroxylation is 1. The average Bonchev–Trinajstić information content (AvgIpc) is 2.47. The number of ketones is 1. The van der Waals surface area contributed by atoms with Gasteiger partial charge in [0.2, 0.25) is 0 Å². The van der Waals surface area contributed by atoms with E-state index in [1.54, 1.807) is 0 Å². The molecule has 0 unspecified atom stereocenters. The maximum atomic E-state index is 12.3. The van der Waals surface area contributed by atoms with Crippen molar-refractivity contribution < 1.29 is 4.79 Å². The third kappa shape index (κ3) is 3.90. The van der Waals surface area contributed by atoms with Gasteiger partial charge in [-0.25, -0.2) is 0 Å². The van der Waals surface area contributed by atoms with E-state index in [1.807, 2.05) is 31.2 Å². The van der Waals surface area contributed by atoms with Crippen LogP contribution in [0, 0.1) is 6.92 Å². The number of rotatable bonds is 5. The fraction of sp³-hybridized carbons (Fsp3) is 0.588. The molecule has 1 aromatic carbocycles. The van der Waals surface area contributed by atoms with Crippen LogP contribution in [0.15, 0.2) is 24.3 Å². The summed E-state index contributed by atoms with van der Waals surface area (Å²) >= 11 is 0. The maximum absolute atomic E-state index is 12.3. The highest BCUT2D eigenvalue weighted by atomic mass is 16.1. The van der Waals surface area contributed by atoms with Gasteiger partial charge in [0, 0.05) is 11.6 Å². The minimum atomic E-state index is 0.231. The van der Waals surface area contributed by atoms with Crippen molar-refractivity contribution in [3.8, 4) is 0 Å². The SMILES string of the molecule is CCN1CCC(N(C)CC(=O)c2cccc(C)c2)CC1. The highest BCUT2D eigenvalue weighted by Gasteiger charge is 2.23. The Hall–Kier alpha value is -1.19. The number of nitrogens with zero attached hydrogens (tertiary/aromatic N) is 2. The Morgan fingerprint density at radius 3 is 2.65 bits per heavy atom. The van der Waals surface area contributed by atoms with Gasteiger partial charge >= 0.3 is 0 Å². The third-order valence-corrected chi connectivity index (χ3v) is 4.36. The average molecular weight is 274 g/mol. The first-order valence-corrected chi connectivity index (χ1v) is 7.62. The summed E-state index contributed by atoms with van der Waals surface area (Å²) in [6.07, 6.45) is 2.34. The number of hydrogen-bond donors (Lipinski definition) is 0. The lowest BCUT2D eigenvalue weighted by atomic mass is 10.0. The lowest BCUT2D eigenvalue weighted by Crippen LogP contribution is -2.44. The lowest BCUT2D eigenvalue weighted by Gasteiger charge is -2.36. The van der Waals surface area contributed by atoms with Crippen LogP contribution in [0.5, 0.6) is 0 Å². The van der Waals surface area contributed by atoms with Crippen molar-refractivity contribution >= 4 is 5.78 Å². The number of carbonyl (C=O) groups excluding carboxylic acids is 1. The van der Waals surface area contributed by atoms with E-state index in [4.69, 9.17) is 0 Å². The summed E-state index contributed by atoms with van der Waals surface area (Å²) in [6.45, 7) is 8.22. The van der Waals surface area contributed by atoms with Crippen LogP contribution in [0.3, 0.4) is 0 Å². The fourth-order valence-electron chi connectivity index (χ4n) is 2.94. The number of piperidine rings is 1. The molecule has 3 nitrogen and oxygen atoms in total. The Morgan fingerprint density at radius 2 is 2.05 bits per heavy atom. The van der Waals surface area contributed by atoms with Crippen LogP contribution in [-0.2, 0) is 0 Å². The molecule has 0 aromatic heterocycles. The fourth-order valence-corrected chi connectivity index (χ4v) is 2.94. The van der Waals surface area contributed by atoms with Crippen molar-refractivity contribution in [2.45, 2.75) is 32.7 Å². The van der Waals surface area contributed by atoms with Crippen molar-refractivity contribution in [2.75, 3.05) is 33.2 Å².